The first kappa shape index (κ1) is 18.1. The number of aromatic amines is 1. The van der Waals surface area contributed by atoms with E-state index in [1.54, 1.807) is 6.07 Å². The monoisotopic (exact) mass is 393 g/mol. The third-order valence-corrected chi connectivity index (χ3v) is 5.14. The number of hydrogen-bond acceptors (Lipinski definition) is 6. The Labute approximate surface area is 155 Å². The van der Waals surface area contributed by atoms with Crippen LogP contribution in [0.3, 0.4) is 0 Å². The molecule has 0 fully saturated rings. The van der Waals surface area contributed by atoms with Crippen molar-refractivity contribution in [2.75, 3.05) is 7.11 Å². The van der Waals surface area contributed by atoms with Gasteiger partial charge < -0.3 is 19.6 Å². The van der Waals surface area contributed by atoms with Gasteiger partial charge in [0.2, 0.25) is 0 Å². The molecule has 0 aliphatic carbocycles. The highest BCUT2D eigenvalue weighted by atomic mass is 35.5. The lowest BCUT2D eigenvalue weighted by atomic mass is 10.2. The smallest absolute Gasteiger partial charge is 0.260 e. The summed E-state index contributed by atoms with van der Waals surface area (Å²) in [5, 5.41) is 11.4. The van der Waals surface area contributed by atoms with E-state index in [2.05, 4.69) is 9.97 Å². The molecule has 0 saturated heterocycles. The van der Waals surface area contributed by atoms with Crippen LogP contribution in [0.4, 0.5) is 4.39 Å². The Balaban J connectivity index is 2.08. The van der Waals surface area contributed by atoms with Crippen molar-refractivity contribution in [1.29, 1.82) is 0 Å². The molecule has 26 heavy (non-hydrogen) atoms. The number of aromatic carboxylic acids is 1. The number of aryl methyl sites for hydroxylation is 1. The SMILES string of the molecule is COc1ccc(/C=C(\Cl)c2nc3sc(C(=O)[O-])c(C)c3c(=O)[nH]2)cc1F. The van der Waals surface area contributed by atoms with E-state index in [0.717, 1.165) is 11.3 Å². The van der Waals surface area contributed by atoms with Crippen molar-refractivity contribution < 1.29 is 19.0 Å². The number of aromatic nitrogens is 2. The van der Waals surface area contributed by atoms with E-state index in [4.69, 9.17) is 16.3 Å². The molecular formula is C17H11ClFN2O4S-. The van der Waals surface area contributed by atoms with Crippen LogP contribution in [0.25, 0.3) is 21.3 Å². The minimum absolute atomic E-state index is 0.0477. The molecule has 0 saturated carbocycles. The maximum Gasteiger partial charge on any atom is 0.260 e. The number of nitrogens with one attached hydrogen (secondary N) is 1. The fourth-order valence-electron chi connectivity index (χ4n) is 2.44. The number of fused-ring (bicyclic) bond motifs is 1. The Hall–Kier alpha value is -2.71. The molecule has 0 spiro atoms. The van der Waals surface area contributed by atoms with E-state index in [1.807, 2.05) is 0 Å². The zero-order chi connectivity index (χ0) is 19.0. The summed E-state index contributed by atoms with van der Waals surface area (Å²) in [4.78, 5) is 30.3. The normalized spacial score (nSPS) is 11.8. The van der Waals surface area contributed by atoms with Crippen molar-refractivity contribution in [1.82, 2.24) is 9.97 Å². The van der Waals surface area contributed by atoms with Crippen molar-refractivity contribution in [3.63, 3.8) is 0 Å². The molecule has 6 nitrogen and oxygen atoms in total. The molecule has 0 radical (unpaired) electrons. The number of carbonyl (C=O) groups is 1. The average molecular weight is 394 g/mol. The average Bonchev–Trinajstić information content (AvgIpc) is 2.92. The quantitative estimate of drug-likeness (QED) is 0.735. The van der Waals surface area contributed by atoms with Crippen molar-refractivity contribution >= 4 is 50.2 Å². The Morgan fingerprint density at radius 2 is 2.19 bits per heavy atom. The molecule has 134 valence electrons. The molecule has 0 aliphatic heterocycles. The first-order valence-electron chi connectivity index (χ1n) is 7.27. The molecule has 3 rings (SSSR count). The van der Waals surface area contributed by atoms with Gasteiger partial charge in [0.1, 0.15) is 4.83 Å². The van der Waals surface area contributed by atoms with Gasteiger partial charge in [0.15, 0.2) is 17.4 Å². The number of methoxy groups -OCH3 is 1. The van der Waals surface area contributed by atoms with Crippen LogP contribution >= 0.6 is 22.9 Å². The third-order valence-electron chi connectivity index (χ3n) is 3.68. The number of halogens is 2. The second-order valence-corrected chi connectivity index (χ2v) is 6.73. The van der Waals surface area contributed by atoms with Crippen LogP contribution in [0.5, 0.6) is 5.75 Å². The van der Waals surface area contributed by atoms with Gasteiger partial charge in [0.25, 0.3) is 5.56 Å². The number of rotatable bonds is 4. The van der Waals surface area contributed by atoms with Crippen molar-refractivity contribution in [3.05, 3.63) is 56.2 Å². The molecule has 0 unspecified atom stereocenters. The largest absolute Gasteiger partial charge is 0.544 e. The highest BCUT2D eigenvalue weighted by molar-refractivity contribution is 7.20. The zero-order valence-corrected chi connectivity index (χ0v) is 15.1. The minimum Gasteiger partial charge on any atom is -0.544 e. The summed E-state index contributed by atoms with van der Waals surface area (Å²) in [6, 6.07) is 4.26. The van der Waals surface area contributed by atoms with E-state index in [0.29, 0.717) is 11.1 Å². The van der Waals surface area contributed by atoms with Gasteiger partial charge in [-0.15, -0.1) is 11.3 Å². The summed E-state index contributed by atoms with van der Waals surface area (Å²) in [6.07, 6.45) is 1.42. The summed E-state index contributed by atoms with van der Waals surface area (Å²) in [5.41, 5.74) is 0.218. The van der Waals surface area contributed by atoms with Crippen molar-refractivity contribution in [3.8, 4) is 5.75 Å². The Morgan fingerprint density at radius 3 is 2.81 bits per heavy atom. The molecular weight excluding hydrogens is 383 g/mol. The van der Waals surface area contributed by atoms with Gasteiger partial charge >= 0.3 is 0 Å². The predicted molar refractivity (Wildman–Crippen MR) is 96.0 cm³/mol. The zero-order valence-electron chi connectivity index (χ0n) is 13.6. The molecule has 2 heterocycles. The first-order chi connectivity index (χ1) is 12.3. The van der Waals surface area contributed by atoms with E-state index >= 15 is 0 Å². The maximum absolute atomic E-state index is 13.8. The van der Waals surface area contributed by atoms with Gasteiger partial charge in [-0.1, -0.05) is 17.7 Å². The van der Waals surface area contributed by atoms with Gasteiger partial charge in [0, 0.05) is 0 Å². The Bertz CT molecular complexity index is 1120. The molecule has 9 heteroatoms. The first-order valence-corrected chi connectivity index (χ1v) is 8.47. The standard InChI is InChI=1S/C17H12ClFN2O4S/c1-7-12-15(22)20-14(21-16(12)26-13(7)17(23)24)9(18)5-8-3-4-11(25-2)10(19)6-8/h3-6H,1-2H3,(H,23,24)(H,20,21,22)/p-1/b9-5-. The number of thiophene rings is 1. The highest BCUT2D eigenvalue weighted by Gasteiger charge is 2.16. The topological polar surface area (TPSA) is 95.1 Å². The third kappa shape index (κ3) is 3.21. The number of ether oxygens (including phenoxy) is 1. The molecule has 3 aromatic rings. The number of H-pyrrole nitrogens is 1. The van der Waals surface area contributed by atoms with Gasteiger partial charge in [0.05, 0.1) is 28.4 Å². The second-order valence-electron chi connectivity index (χ2n) is 5.32. The fraction of sp³-hybridized carbons (Fsp3) is 0.118. The summed E-state index contributed by atoms with van der Waals surface area (Å²) in [5.74, 6) is -1.79. The van der Waals surface area contributed by atoms with Gasteiger partial charge in [-0.2, -0.15) is 0 Å². The summed E-state index contributed by atoms with van der Waals surface area (Å²) in [7, 11) is 1.36. The fourth-order valence-corrected chi connectivity index (χ4v) is 3.67. The van der Waals surface area contributed by atoms with Crippen LogP contribution in [-0.4, -0.2) is 23.0 Å². The van der Waals surface area contributed by atoms with Crippen LogP contribution in [0, 0.1) is 12.7 Å². The van der Waals surface area contributed by atoms with Crippen LogP contribution in [0.1, 0.15) is 26.6 Å². The van der Waals surface area contributed by atoms with E-state index < -0.39 is 17.3 Å². The van der Waals surface area contributed by atoms with E-state index in [9.17, 15) is 19.1 Å². The van der Waals surface area contributed by atoms with Crippen molar-refractivity contribution in [2.24, 2.45) is 0 Å². The molecule has 0 aliphatic rings. The lowest BCUT2D eigenvalue weighted by Gasteiger charge is -2.03. The number of hydrogen-bond donors (Lipinski definition) is 1. The molecule has 0 amide bonds. The number of carboxylic acid groups (broad SMARTS) is 1. The Morgan fingerprint density at radius 1 is 1.46 bits per heavy atom. The van der Waals surface area contributed by atoms with Crippen LogP contribution in [0.2, 0.25) is 0 Å². The molecule has 0 atom stereocenters. The minimum atomic E-state index is -1.37. The van der Waals surface area contributed by atoms with Crippen LogP contribution in [0.15, 0.2) is 23.0 Å². The maximum atomic E-state index is 13.8. The summed E-state index contributed by atoms with van der Waals surface area (Å²) in [6.45, 7) is 1.51. The highest BCUT2D eigenvalue weighted by Crippen LogP contribution is 2.28. The lowest BCUT2D eigenvalue weighted by molar-refractivity contribution is -0.254. The van der Waals surface area contributed by atoms with Gasteiger partial charge in [-0.3, -0.25) is 4.79 Å². The molecule has 0 bridgehead atoms. The molecule has 2 aromatic heterocycles. The van der Waals surface area contributed by atoms with Crippen molar-refractivity contribution in [2.45, 2.75) is 6.92 Å². The van der Waals surface area contributed by atoms with Gasteiger partial charge in [-0.25, -0.2) is 9.37 Å². The number of benzene rings is 1. The van der Waals surface area contributed by atoms with E-state index in [1.165, 1.54) is 32.2 Å². The number of carboxylic acids is 1. The number of nitrogens with zero attached hydrogens (tertiary/aromatic N) is 1. The molecule has 1 N–H and O–H groups in total. The molecule has 1 aromatic carbocycles. The predicted octanol–water partition coefficient (Wildman–Crippen LogP) is 2.54. The summed E-state index contributed by atoms with van der Waals surface area (Å²) >= 11 is 7.03. The lowest BCUT2D eigenvalue weighted by Crippen LogP contribution is -2.21. The van der Waals surface area contributed by atoms with Crippen LogP contribution < -0.4 is 15.4 Å². The van der Waals surface area contributed by atoms with Gasteiger partial charge in [-0.05, 0) is 36.3 Å². The summed E-state index contributed by atoms with van der Waals surface area (Å²) < 4.78 is 18.6. The number of carbonyl (C=O) groups excluding carboxylic acids is 1. The van der Waals surface area contributed by atoms with E-state index in [-0.39, 0.29) is 31.7 Å². The second kappa shape index (κ2) is 6.89. The Kier molecular flexibility index (Phi) is 4.80. The van der Waals surface area contributed by atoms with Crippen LogP contribution in [-0.2, 0) is 0 Å².